The van der Waals surface area contributed by atoms with Crippen molar-refractivity contribution in [3.63, 3.8) is 0 Å². The molecule has 0 atom stereocenters. The molecule has 0 aliphatic carbocycles. The molecule has 2 heterocycles. The number of carboxylic acid groups (broad SMARTS) is 1. The molecule has 21 heavy (non-hydrogen) atoms. The molecule has 0 bridgehead atoms. The van der Waals surface area contributed by atoms with Crippen LogP contribution in [0.25, 0.3) is 4.96 Å². The summed E-state index contributed by atoms with van der Waals surface area (Å²) in [5, 5.41) is 9.00. The van der Waals surface area contributed by atoms with Crippen LogP contribution in [0.1, 0.15) is 37.7 Å². The molecule has 0 saturated heterocycles. The first-order chi connectivity index (χ1) is 9.95. The summed E-state index contributed by atoms with van der Waals surface area (Å²) in [5.41, 5.74) is 5.00. The van der Waals surface area contributed by atoms with Gasteiger partial charge in [0.25, 0.3) is 0 Å². The van der Waals surface area contributed by atoms with Crippen molar-refractivity contribution in [1.82, 2.24) is 9.38 Å². The number of fused-ring (bicyclic) bond motifs is 1. The van der Waals surface area contributed by atoms with Gasteiger partial charge < -0.3 is 5.11 Å². The Labute approximate surface area is 126 Å². The van der Waals surface area contributed by atoms with E-state index in [0.717, 1.165) is 17.1 Å². The maximum atomic E-state index is 11.0. The molecule has 5 heteroatoms. The number of hydrogen-bond donors (Lipinski definition) is 1. The minimum absolute atomic E-state index is 0.0997. The molecule has 0 fully saturated rings. The van der Waals surface area contributed by atoms with E-state index in [-0.39, 0.29) is 5.69 Å². The lowest BCUT2D eigenvalue weighted by Gasteiger charge is -2.06. The number of imidazole rings is 1. The standard InChI is InChI=1S/C16H16N2O2S/c1-9-4-5-10(2)12(6-9)7-14-11(3)18-8-13(15(19)20)17-16(18)21-14/h4-6,8H,7H2,1-3H3,(H,19,20). The van der Waals surface area contributed by atoms with Crippen LogP contribution in [0.3, 0.4) is 0 Å². The first-order valence-electron chi connectivity index (χ1n) is 6.72. The molecule has 3 rings (SSSR count). The number of rotatable bonds is 3. The van der Waals surface area contributed by atoms with Gasteiger partial charge in [0.2, 0.25) is 0 Å². The summed E-state index contributed by atoms with van der Waals surface area (Å²) in [6, 6.07) is 6.47. The van der Waals surface area contributed by atoms with E-state index in [1.807, 2.05) is 11.3 Å². The molecule has 0 spiro atoms. The van der Waals surface area contributed by atoms with E-state index in [9.17, 15) is 4.79 Å². The Kier molecular flexibility index (Phi) is 3.29. The zero-order chi connectivity index (χ0) is 15.1. The second kappa shape index (κ2) is 5.00. The average Bonchev–Trinajstić information content (AvgIpc) is 2.95. The van der Waals surface area contributed by atoms with Crippen LogP contribution < -0.4 is 0 Å². The number of aryl methyl sites for hydroxylation is 3. The van der Waals surface area contributed by atoms with Crippen molar-refractivity contribution >= 4 is 22.3 Å². The summed E-state index contributed by atoms with van der Waals surface area (Å²) < 4.78 is 1.87. The van der Waals surface area contributed by atoms with Gasteiger partial charge >= 0.3 is 5.97 Å². The fraction of sp³-hybridized carbons (Fsp3) is 0.250. The number of thiazole rings is 1. The van der Waals surface area contributed by atoms with Gasteiger partial charge in [0.05, 0.1) is 0 Å². The van der Waals surface area contributed by atoms with Crippen LogP contribution in [0.5, 0.6) is 0 Å². The quantitative estimate of drug-likeness (QED) is 0.804. The van der Waals surface area contributed by atoms with Crippen molar-refractivity contribution in [3.05, 3.63) is 57.4 Å². The molecule has 0 aliphatic heterocycles. The Bertz CT molecular complexity index is 845. The van der Waals surface area contributed by atoms with Gasteiger partial charge in [-0.15, -0.1) is 11.3 Å². The second-order valence-corrected chi connectivity index (χ2v) is 6.36. The number of aromatic nitrogens is 2. The van der Waals surface area contributed by atoms with Crippen molar-refractivity contribution in [1.29, 1.82) is 0 Å². The van der Waals surface area contributed by atoms with Gasteiger partial charge in [-0.2, -0.15) is 0 Å². The number of aromatic carboxylic acids is 1. The SMILES string of the molecule is Cc1ccc(C)c(Cc2sc3nc(C(=O)O)cn3c2C)c1. The first kappa shape index (κ1) is 13.8. The Balaban J connectivity index is 2.01. The molecular formula is C16H16N2O2S. The highest BCUT2D eigenvalue weighted by Crippen LogP contribution is 2.26. The molecule has 0 unspecified atom stereocenters. The van der Waals surface area contributed by atoms with Gasteiger partial charge in [-0.3, -0.25) is 4.40 Å². The molecular weight excluding hydrogens is 284 g/mol. The van der Waals surface area contributed by atoms with E-state index >= 15 is 0 Å². The maximum Gasteiger partial charge on any atom is 0.356 e. The van der Waals surface area contributed by atoms with E-state index < -0.39 is 5.97 Å². The number of carboxylic acids is 1. The monoisotopic (exact) mass is 300 g/mol. The van der Waals surface area contributed by atoms with Crippen LogP contribution >= 0.6 is 11.3 Å². The minimum Gasteiger partial charge on any atom is -0.476 e. The molecule has 0 radical (unpaired) electrons. The van der Waals surface area contributed by atoms with Gasteiger partial charge in [0, 0.05) is 23.2 Å². The van der Waals surface area contributed by atoms with Crippen LogP contribution in [0.2, 0.25) is 0 Å². The molecule has 4 nitrogen and oxygen atoms in total. The predicted octanol–water partition coefficient (Wildman–Crippen LogP) is 3.61. The van der Waals surface area contributed by atoms with Crippen LogP contribution in [-0.2, 0) is 6.42 Å². The van der Waals surface area contributed by atoms with Crippen molar-refractivity contribution in [3.8, 4) is 0 Å². The third-order valence-corrected chi connectivity index (χ3v) is 4.88. The lowest BCUT2D eigenvalue weighted by atomic mass is 10.0. The van der Waals surface area contributed by atoms with Gasteiger partial charge in [0.1, 0.15) is 0 Å². The van der Waals surface area contributed by atoms with E-state index in [0.29, 0.717) is 0 Å². The van der Waals surface area contributed by atoms with Crippen molar-refractivity contribution in [2.24, 2.45) is 0 Å². The van der Waals surface area contributed by atoms with E-state index in [1.165, 1.54) is 21.6 Å². The zero-order valence-corrected chi connectivity index (χ0v) is 13.0. The number of benzene rings is 1. The third kappa shape index (κ3) is 2.45. The van der Waals surface area contributed by atoms with Crippen molar-refractivity contribution in [2.75, 3.05) is 0 Å². The van der Waals surface area contributed by atoms with Crippen molar-refractivity contribution in [2.45, 2.75) is 27.2 Å². The molecule has 3 aromatic rings. The molecule has 108 valence electrons. The Morgan fingerprint density at radius 3 is 2.76 bits per heavy atom. The van der Waals surface area contributed by atoms with Gasteiger partial charge in [-0.25, -0.2) is 9.78 Å². The van der Waals surface area contributed by atoms with Crippen LogP contribution in [0, 0.1) is 20.8 Å². The van der Waals surface area contributed by atoms with E-state index in [1.54, 1.807) is 17.5 Å². The molecule has 0 amide bonds. The molecule has 1 aromatic carbocycles. The zero-order valence-electron chi connectivity index (χ0n) is 12.2. The molecule has 0 aliphatic rings. The fourth-order valence-corrected chi connectivity index (χ4v) is 3.55. The van der Waals surface area contributed by atoms with Gasteiger partial charge in [0.15, 0.2) is 10.7 Å². The smallest absolute Gasteiger partial charge is 0.356 e. The summed E-state index contributed by atoms with van der Waals surface area (Å²) in [4.78, 5) is 17.1. The van der Waals surface area contributed by atoms with Crippen LogP contribution in [-0.4, -0.2) is 20.5 Å². The summed E-state index contributed by atoms with van der Waals surface area (Å²) in [6.45, 7) is 6.22. The summed E-state index contributed by atoms with van der Waals surface area (Å²) in [5.74, 6) is -0.985. The van der Waals surface area contributed by atoms with E-state index in [2.05, 4.69) is 37.0 Å². The molecule has 1 N–H and O–H groups in total. The lowest BCUT2D eigenvalue weighted by molar-refractivity contribution is 0.0691. The normalized spacial score (nSPS) is 11.2. The number of nitrogens with zero attached hydrogens (tertiary/aromatic N) is 2. The highest BCUT2D eigenvalue weighted by molar-refractivity contribution is 7.17. The Morgan fingerprint density at radius 1 is 1.33 bits per heavy atom. The summed E-state index contributed by atoms with van der Waals surface area (Å²) >= 11 is 1.56. The average molecular weight is 300 g/mol. The highest BCUT2D eigenvalue weighted by atomic mass is 32.1. The number of carbonyl (C=O) groups is 1. The molecule has 0 saturated carbocycles. The highest BCUT2D eigenvalue weighted by Gasteiger charge is 2.15. The molecule has 2 aromatic heterocycles. The number of hydrogen-bond acceptors (Lipinski definition) is 3. The second-order valence-electron chi connectivity index (χ2n) is 5.30. The fourth-order valence-electron chi connectivity index (χ4n) is 2.42. The van der Waals surface area contributed by atoms with Gasteiger partial charge in [-0.05, 0) is 31.9 Å². The third-order valence-electron chi connectivity index (χ3n) is 3.73. The van der Waals surface area contributed by atoms with Gasteiger partial charge in [-0.1, -0.05) is 23.8 Å². The topological polar surface area (TPSA) is 54.6 Å². The Hall–Kier alpha value is -2.14. The van der Waals surface area contributed by atoms with E-state index in [4.69, 9.17) is 5.11 Å². The lowest BCUT2D eigenvalue weighted by Crippen LogP contribution is -1.96. The first-order valence-corrected chi connectivity index (χ1v) is 7.54. The predicted molar refractivity (Wildman–Crippen MR) is 83.5 cm³/mol. The van der Waals surface area contributed by atoms with Crippen molar-refractivity contribution < 1.29 is 9.90 Å². The maximum absolute atomic E-state index is 11.0. The summed E-state index contributed by atoms with van der Waals surface area (Å²) in [7, 11) is 0. The summed E-state index contributed by atoms with van der Waals surface area (Å²) in [6.07, 6.45) is 2.45. The Morgan fingerprint density at radius 2 is 2.10 bits per heavy atom. The minimum atomic E-state index is -0.985. The van der Waals surface area contributed by atoms with Crippen LogP contribution in [0.4, 0.5) is 0 Å². The van der Waals surface area contributed by atoms with Crippen LogP contribution in [0.15, 0.2) is 24.4 Å². The largest absolute Gasteiger partial charge is 0.476 e.